The Hall–Kier alpha value is -1.28. The van der Waals surface area contributed by atoms with Crippen molar-refractivity contribution < 1.29 is 21.9 Å². The van der Waals surface area contributed by atoms with Gasteiger partial charge in [-0.05, 0) is 24.6 Å². The van der Waals surface area contributed by atoms with Crippen LogP contribution < -0.4 is 4.72 Å². The summed E-state index contributed by atoms with van der Waals surface area (Å²) in [7, 11) is -7.69. The third-order valence-corrected chi connectivity index (χ3v) is 5.27. The second-order valence-electron chi connectivity index (χ2n) is 3.78. The molecule has 0 heterocycles. The zero-order valence-electron chi connectivity index (χ0n) is 9.34. The lowest BCUT2D eigenvalue weighted by Crippen LogP contribution is -2.22. The van der Waals surface area contributed by atoms with E-state index in [0.717, 1.165) is 11.8 Å². The molecule has 6 nitrogen and oxygen atoms in total. The van der Waals surface area contributed by atoms with E-state index in [1.54, 1.807) is 13.0 Å². The molecule has 0 unspecified atom stereocenters. The molecule has 1 rings (SSSR count). The van der Waals surface area contributed by atoms with E-state index in [2.05, 4.69) is 0 Å². The van der Waals surface area contributed by atoms with Gasteiger partial charge in [0.1, 0.15) is 5.75 Å². The van der Waals surface area contributed by atoms with Gasteiger partial charge >= 0.3 is 0 Å². The first-order chi connectivity index (χ1) is 7.59. The number of aromatic hydroxyl groups is 1. The molecule has 0 aliphatic heterocycles. The molecule has 0 radical (unpaired) electrons. The van der Waals surface area contributed by atoms with E-state index in [1.807, 2.05) is 4.72 Å². The number of rotatable bonds is 4. The second-order valence-corrected chi connectivity index (χ2v) is 8.01. The number of sulfone groups is 1. The van der Waals surface area contributed by atoms with Crippen molar-refractivity contribution >= 4 is 25.5 Å². The number of phenolic OH excluding ortho intramolecular Hbond substituents is 1. The fraction of sp³-hybridized carbons (Fsp3) is 0.333. The second kappa shape index (κ2) is 4.53. The first-order valence-corrected chi connectivity index (χ1v) is 8.28. The van der Waals surface area contributed by atoms with Crippen molar-refractivity contribution in [3.8, 4) is 5.75 Å². The minimum absolute atomic E-state index is 0.0337. The molecule has 0 aliphatic carbocycles. The Morgan fingerprint density at radius 2 is 1.82 bits per heavy atom. The number of benzene rings is 1. The summed E-state index contributed by atoms with van der Waals surface area (Å²) in [4.78, 5) is 0. The number of phenols is 1. The lowest BCUT2D eigenvalue weighted by Gasteiger charge is -2.09. The highest BCUT2D eigenvalue weighted by molar-refractivity contribution is 8.08. The summed E-state index contributed by atoms with van der Waals surface area (Å²) in [5.41, 5.74) is 0.702. The zero-order chi connectivity index (χ0) is 13.3. The van der Waals surface area contributed by atoms with Gasteiger partial charge in [0, 0.05) is 6.26 Å². The Morgan fingerprint density at radius 3 is 2.35 bits per heavy atom. The van der Waals surface area contributed by atoms with Gasteiger partial charge in [-0.25, -0.2) is 16.8 Å². The van der Waals surface area contributed by atoms with Gasteiger partial charge in [-0.1, -0.05) is 6.07 Å². The van der Waals surface area contributed by atoms with Crippen LogP contribution in [0.3, 0.4) is 0 Å². The van der Waals surface area contributed by atoms with Crippen LogP contribution in [0.25, 0.3) is 0 Å². The zero-order valence-corrected chi connectivity index (χ0v) is 11.0. The van der Waals surface area contributed by atoms with Crippen LogP contribution in [0.1, 0.15) is 5.56 Å². The molecular formula is C9H13NO5S2. The van der Waals surface area contributed by atoms with Crippen LogP contribution in [0, 0.1) is 6.92 Å². The lowest BCUT2D eigenvalue weighted by atomic mass is 10.2. The van der Waals surface area contributed by atoms with Crippen LogP contribution in [0.5, 0.6) is 5.75 Å². The fourth-order valence-electron chi connectivity index (χ4n) is 1.21. The number of hydrogen-bond acceptors (Lipinski definition) is 5. The topological polar surface area (TPSA) is 101 Å². The SMILES string of the molecule is Cc1ccc(O)c(NS(=O)(=O)CS(C)(=O)=O)c1. The summed E-state index contributed by atoms with van der Waals surface area (Å²) in [5, 5.41) is 8.40. The number of anilines is 1. The molecule has 0 bridgehead atoms. The maximum Gasteiger partial charge on any atom is 0.247 e. The maximum atomic E-state index is 11.5. The Kier molecular flexibility index (Phi) is 3.68. The molecule has 0 atom stereocenters. The van der Waals surface area contributed by atoms with Gasteiger partial charge in [-0.15, -0.1) is 0 Å². The molecule has 0 saturated heterocycles. The van der Waals surface area contributed by atoms with Crippen molar-refractivity contribution in [2.45, 2.75) is 6.92 Å². The molecule has 0 saturated carbocycles. The van der Waals surface area contributed by atoms with E-state index >= 15 is 0 Å². The molecule has 1 aromatic carbocycles. The van der Waals surface area contributed by atoms with E-state index in [4.69, 9.17) is 0 Å². The monoisotopic (exact) mass is 279 g/mol. The number of hydrogen-bond donors (Lipinski definition) is 2. The molecule has 0 spiro atoms. The summed E-state index contributed by atoms with van der Waals surface area (Å²) >= 11 is 0. The van der Waals surface area contributed by atoms with Gasteiger partial charge in [0.25, 0.3) is 0 Å². The van der Waals surface area contributed by atoms with E-state index in [-0.39, 0.29) is 11.4 Å². The molecule has 96 valence electrons. The first-order valence-electron chi connectivity index (χ1n) is 4.57. The van der Waals surface area contributed by atoms with Gasteiger partial charge in [0.2, 0.25) is 10.0 Å². The summed E-state index contributed by atoms with van der Waals surface area (Å²) in [6.45, 7) is 1.72. The average Bonchev–Trinajstić information content (AvgIpc) is 2.06. The average molecular weight is 279 g/mol. The van der Waals surface area contributed by atoms with Crippen LogP contribution in [0.4, 0.5) is 5.69 Å². The van der Waals surface area contributed by atoms with Crippen LogP contribution >= 0.6 is 0 Å². The summed E-state index contributed by atoms with van der Waals surface area (Å²) in [6, 6.07) is 4.34. The largest absolute Gasteiger partial charge is 0.506 e. The third kappa shape index (κ3) is 4.61. The predicted octanol–water partition coefficient (Wildman–Crippen LogP) is 0.444. The smallest absolute Gasteiger partial charge is 0.247 e. The van der Waals surface area contributed by atoms with Crippen LogP contribution in [-0.4, -0.2) is 33.3 Å². The Morgan fingerprint density at radius 1 is 1.24 bits per heavy atom. The van der Waals surface area contributed by atoms with E-state index < -0.39 is 24.9 Å². The number of sulfonamides is 1. The summed E-state index contributed by atoms with van der Waals surface area (Å²) in [6.07, 6.45) is 0.822. The van der Waals surface area contributed by atoms with Crippen LogP contribution in [0.2, 0.25) is 0 Å². The van der Waals surface area contributed by atoms with Gasteiger partial charge in [0.15, 0.2) is 14.9 Å². The van der Waals surface area contributed by atoms with Gasteiger partial charge < -0.3 is 5.11 Å². The third-order valence-electron chi connectivity index (χ3n) is 1.79. The van der Waals surface area contributed by atoms with Crippen molar-refractivity contribution in [2.75, 3.05) is 16.1 Å². The molecule has 2 N–H and O–H groups in total. The van der Waals surface area contributed by atoms with Crippen molar-refractivity contribution in [2.24, 2.45) is 0 Å². The highest BCUT2D eigenvalue weighted by atomic mass is 32.3. The lowest BCUT2D eigenvalue weighted by molar-refractivity contribution is 0.477. The molecule has 0 fully saturated rings. The molecular weight excluding hydrogens is 266 g/mol. The van der Waals surface area contributed by atoms with Crippen molar-refractivity contribution in [3.05, 3.63) is 23.8 Å². The van der Waals surface area contributed by atoms with E-state index in [1.165, 1.54) is 12.1 Å². The number of aryl methyl sites for hydroxylation is 1. The van der Waals surface area contributed by atoms with Crippen molar-refractivity contribution in [1.82, 2.24) is 0 Å². The number of nitrogens with one attached hydrogen (secondary N) is 1. The Labute approximate surface area is 100 Å². The first kappa shape index (κ1) is 13.8. The van der Waals surface area contributed by atoms with E-state index in [0.29, 0.717) is 0 Å². The standard InChI is InChI=1S/C9H13NO5S2/c1-7-3-4-9(11)8(5-7)10-17(14,15)6-16(2,12)13/h3-5,10-11H,6H2,1-2H3. The molecule has 0 amide bonds. The Balaban J connectivity index is 3.02. The molecule has 17 heavy (non-hydrogen) atoms. The highest BCUT2D eigenvalue weighted by Crippen LogP contribution is 2.25. The molecule has 1 aromatic rings. The minimum Gasteiger partial charge on any atom is -0.506 e. The fourth-order valence-corrected chi connectivity index (χ4v) is 4.20. The molecule has 8 heteroatoms. The van der Waals surface area contributed by atoms with Crippen molar-refractivity contribution in [1.29, 1.82) is 0 Å². The van der Waals surface area contributed by atoms with Gasteiger partial charge in [-0.2, -0.15) is 0 Å². The van der Waals surface area contributed by atoms with Crippen LogP contribution in [-0.2, 0) is 19.9 Å². The highest BCUT2D eigenvalue weighted by Gasteiger charge is 2.19. The minimum atomic E-state index is -4.03. The predicted molar refractivity (Wildman–Crippen MR) is 65.1 cm³/mol. The quantitative estimate of drug-likeness (QED) is 0.779. The van der Waals surface area contributed by atoms with Gasteiger partial charge in [0.05, 0.1) is 5.69 Å². The van der Waals surface area contributed by atoms with Gasteiger partial charge in [-0.3, -0.25) is 4.72 Å². The summed E-state index contributed by atoms with van der Waals surface area (Å²) in [5.74, 6) is -0.257. The normalized spacial score (nSPS) is 12.4. The molecule has 0 aromatic heterocycles. The Bertz CT molecular complexity index is 619. The maximum absolute atomic E-state index is 11.5. The van der Waals surface area contributed by atoms with Crippen LogP contribution in [0.15, 0.2) is 18.2 Å². The summed E-state index contributed by atoms with van der Waals surface area (Å²) < 4.78 is 46.8. The van der Waals surface area contributed by atoms with Crippen molar-refractivity contribution in [3.63, 3.8) is 0 Å². The molecule has 0 aliphatic rings. The van der Waals surface area contributed by atoms with E-state index in [9.17, 15) is 21.9 Å².